The smallest absolute Gasteiger partial charge is 0.220 e. The van der Waals surface area contributed by atoms with Crippen molar-refractivity contribution in [3.63, 3.8) is 0 Å². The maximum Gasteiger partial charge on any atom is 0.220 e. The SMILES string of the molecule is CN=C(NCCCC(=O)NC1CC1)N(C)Cc1ccc(OC)cc1.I. The van der Waals surface area contributed by atoms with Crippen molar-refractivity contribution in [1.29, 1.82) is 0 Å². The van der Waals surface area contributed by atoms with Crippen LogP contribution in [0.3, 0.4) is 0 Å². The molecule has 1 amide bonds. The fourth-order valence-corrected chi connectivity index (χ4v) is 2.44. The van der Waals surface area contributed by atoms with Crippen molar-refractivity contribution in [3.05, 3.63) is 29.8 Å². The molecule has 0 bridgehead atoms. The molecule has 0 heterocycles. The van der Waals surface area contributed by atoms with Crippen molar-refractivity contribution in [2.24, 2.45) is 4.99 Å². The lowest BCUT2D eigenvalue weighted by Gasteiger charge is -2.22. The zero-order chi connectivity index (χ0) is 17.4. The Kier molecular flexibility index (Phi) is 9.62. The van der Waals surface area contributed by atoms with E-state index in [4.69, 9.17) is 4.74 Å². The van der Waals surface area contributed by atoms with Crippen molar-refractivity contribution >= 4 is 35.8 Å². The van der Waals surface area contributed by atoms with Crippen molar-refractivity contribution in [2.45, 2.75) is 38.3 Å². The van der Waals surface area contributed by atoms with Crippen LogP contribution >= 0.6 is 24.0 Å². The molecule has 1 aromatic carbocycles. The molecule has 0 saturated heterocycles. The van der Waals surface area contributed by atoms with Crippen molar-refractivity contribution in [2.75, 3.05) is 27.7 Å². The lowest BCUT2D eigenvalue weighted by Crippen LogP contribution is -2.39. The summed E-state index contributed by atoms with van der Waals surface area (Å²) >= 11 is 0. The van der Waals surface area contributed by atoms with E-state index in [1.165, 1.54) is 5.56 Å². The molecular formula is C18H29IN4O2. The average molecular weight is 460 g/mol. The maximum absolute atomic E-state index is 11.6. The molecule has 1 aromatic rings. The standard InChI is InChI=1S/C18H28N4O2.HI/c1-19-18(20-12-4-5-17(23)21-15-8-9-15)22(2)13-14-6-10-16(24-3)11-7-14;/h6-7,10-11,15H,4-5,8-9,12-13H2,1-3H3,(H,19,20)(H,21,23);1H. The number of nitrogens with one attached hydrogen (secondary N) is 2. The minimum Gasteiger partial charge on any atom is -0.497 e. The first-order chi connectivity index (χ1) is 11.6. The first-order valence-electron chi connectivity index (χ1n) is 8.46. The molecule has 6 nitrogen and oxygen atoms in total. The van der Waals surface area contributed by atoms with Crippen LogP contribution in [0.4, 0.5) is 0 Å². The first kappa shape index (κ1) is 21.5. The van der Waals surface area contributed by atoms with E-state index < -0.39 is 0 Å². The van der Waals surface area contributed by atoms with Crippen LogP contribution in [0.15, 0.2) is 29.3 Å². The second-order valence-electron chi connectivity index (χ2n) is 6.12. The molecule has 0 unspecified atom stereocenters. The van der Waals surface area contributed by atoms with Crippen LogP contribution in [0.25, 0.3) is 0 Å². The van der Waals surface area contributed by atoms with Crippen LogP contribution in [0.2, 0.25) is 0 Å². The summed E-state index contributed by atoms with van der Waals surface area (Å²) in [4.78, 5) is 18.0. The van der Waals surface area contributed by atoms with E-state index in [-0.39, 0.29) is 29.9 Å². The molecule has 1 aliphatic carbocycles. The second-order valence-corrected chi connectivity index (χ2v) is 6.12. The third-order valence-corrected chi connectivity index (χ3v) is 3.96. The van der Waals surface area contributed by atoms with Gasteiger partial charge in [0.1, 0.15) is 5.75 Å². The molecule has 0 aliphatic heterocycles. The molecule has 2 rings (SSSR count). The average Bonchev–Trinajstić information content (AvgIpc) is 3.39. The zero-order valence-electron chi connectivity index (χ0n) is 15.2. The monoisotopic (exact) mass is 460 g/mol. The van der Waals surface area contributed by atoms with Gasteiger partial charge in [0.05, 0.1) is 7.11 Å². The molecular weight excluding hydrogens is 431 g/mol. The van der Waals surface area contributed by atoms with Gasteiger partial charge in [-0.3, -0.25) is 9.79 Å². The van der Waals surface area contributed by atoms with E-state index in [0.717, 1.165) is 44.1 Å². The number of nitrogens with zero attached hydrogens (tertiary/aromatic N) is 2. The third-order valence-electron chi connectivity index (χ3n) is 3.96. The summed E-state index contributed by atoms with van der Waals surface area (Å²) in [5.41, 5.74) is 1.19. The Hall–Kier alpha value is -1.51. The number of carbonyl (C=O) groups excluding carboxylic acids is 1. The van der Waals surface area contributed by atoms with Crippen molar-refractivity contribution < 1.29 is 9.53 Å². The highest BCUT2D eigenvalue weighted by Crippen LogP contribution is 2.18. The van der Waals surface area contributed by atoms with E-state index in [2.05, 4.69) is 20.5 Å². The van der Waals surface area contributed by atoms with Gasteiger partial charge in [0.2, 0.25) is 5.91 Å². The molecule has 0 spiro atoms. The fraction of sp³-hybridized carbons (Fsp3) is 0.556. The zero-order valence-corrected chi connectivity index (χ0v) is 17.6. The molecule has 1 fully saturated rings. The molecule has 1 aliphatic rings. The van der Waals surface area contributed by atoms with E-state index >= 15 is 0 Å². The summed E-state index contributed by atoms with van der Waals surface area (Å²) in [6, 6.07) is 8.44. The predicted molar refractivity (Wildman–Crippen MR) is 112 cm³/mol. The number of hydrogen-bond donors (Lipinski definition) is 2. The van der Waals surface area contributed by atoms with E-state index in [1.54, 1.807) is 14.2 Å². The summed E-state index contributed by atoms with van der Waals surface area (Å²) in [6.07, 6.45) is 3.62. The summed E-state index contributed by atoms with van der Waals surface area (Å²) in [5, 5.41) is 6.31. The molecule has 7 heteroatoms. The lowest BCUT2D eigenvalue weighted by atomic mass is 10.2. The Morgan fingerprint density at radius 2 is 2.00 bits per heavy atom. The van der Waals surface area contributed by atoms with Gasteiger partial charge in [-0.2, -0.15) is 0 Å². The number of amides is 1. The van der Waals surface area contributed by atoms with Crippen LogP contribution in [0, 0.1) is 0 Å². The second kappa shape index (κ2) is 11.2. The summed E-state index contributed by atoms with van der Waals surface area (Å²) in [6.45, 7) is 1.49. The first-order valence-corrected chi connectivity index (χ1v) is 8.46. The Bertz CT molecular complexity index is 559. The molecule has 1 saturated carbocycles. The Balaban J connectivity index is 0.00000312. The van der Waals surface area contributed by atoms with Crippen LogP contribution in [0.5, 0.6) is 5.75 Å². The largest absolute Gasteiger partial charge is 0.497 e. The minimum atomic E-state index is 0. The van der Waals surface area contributed by atoms with Crippen LogP contribution < -0.4 is 15.4 Å². The number of guanidine groups is 1. The summed E-state index contributed by atoms with van der Waals surface area (Å²) in [5.74, 6) is 1.84. The van der Waals surface area contributed by atoms with Gasteiger partial charge in [-0.1, -0.05) is 12.1 Å². The van der Waals surface area contributed by atoms with Crippen LogP contribution in [-0.4, -0.2) is 50.6 Å². The number of aliphatic imine (C=N–C) groups is 1. The number of rotatable bonds is 8. The third kappa shape index (κ3) is 7.94. The molecule has 2 N–H and O–H groups in total. The van der Waals surface area contributed by atoms with E-state index in [1.807, 2.05) is 31.3 Å². The quantitative estimate of drug-likeness (QED) is 0.271. The molecule has 0 aromatic heterocycles. The van der Waals surface area contributed by atoms with Crippen LogP contribution in [-0.2, 0) is 11.3 Å². The molecule has 140 valence electrons. The lowest BCUT2D eigenvalue weighted by molar-refractivity contribution is -0.121. The summed E-state index contributed by atoms with van der Waals surface area (Å²) < 4.78 is 5.17. The van der Waals surface area contributed by atoms with Gasteiger partial charge in [-0.05, 0) is 37.0 Å². The molecule has 0 atom stereocenters. The van der Waals surface area contributed by atoms with Gasteiger partial charge in [-0.15, -0.1) is 24.0 Å². The highest BCUT2D eigenvalue weighted by Gasteiger charge is 2.22. The topological polar surface area (TPSA) is 66.0 Å². The normalized spacial score (nSPS) is 13.6. The Labute approximate surface area is 167 Å². The van der Waals surface area contributed by atoms with E-state index in [9.17, 15) is 4.79 Å². The van der Waals surface area contributed by atoms with Gasteiger partial charge in [-0.25, -0.2) is 0 Å². The number of carbonyl (C=O) groups is 1. The number of halogens is 1. The van der Waals surface area contributed by atoms with Gasteiger partial charge in [0.25, 0.3) is 0 Å². The van der Waals surface area contributed by atoms with Crippen molar-refractivity contribution in [3.8, 4) is 5.75 Å². The van der Waals surface area contributed by atoms with Gasteiger partial charge >= 0.3 is 0 Å². The van der Waals surface area contributed by atoms with Gasteiger partial charge in [0.15, 0.2) is 5.96 Å². The van der Waals surface area contributed by atoms with Crippen LogP contribution in [0.1, 0.15) is 31.2 Å². The van der Waals surface area contributed by atoms with Crippen molar-refractivity contribution in [1.82, 2.24) is 15.5 Å². The number of ether oxygens (including phenoxy) is 1. The number of hydrogen-bond acceptors (Lipinski definition) is 3. The number of benzene rings is 1. The highest BCUT2D eigenvalue weighted by molar-refractivity contribution is 14.0. The minimum absolute atomic E-state index is 0. The number of methoxy groups -OCH3 is 1. The maximum atomic E-state index is 11.6. The Morgan fingerprint density at radius 1 is 1.32 bits per heavy atom. The predicted octanol–water partition coefficient (Wildman–Crippen LogP) is 2.38. The fourth-order valence-electron chi connectivity index (χ4n) is 2.44. The molecule has 0 radical (unpaired) electrons. The van der Waals surface area contributed by atoms with E-state index in [0.29, 0.717) is 12.5 Å². The molecule has 25 heavy (non-hydrogen) atoms. The van der Waals surface area contributed by atoms with Gasteiger partial charge in [0, 0.05) is 39.6 Å². The Morgan fingerprint density at radius 3 is 2.56 bits per heavy atom. The van der Waals surface area contributed by atoms with Gasteiger partial charge < -0.3 is 20.3 Å². The highest BCUT2D eigenvalue weighted by atomic mass is 127. The summed E-state index contributed by atoms with van der Waals surface area (Å²) in [7, 11) is 5.43.